The van der Waals surface area contributed by atoms with Crippen LogP contribution in [0, 0.1) is 0 Å². The first-order chi connectivity index (χ1) is 18.4. The average molecular weight is 541 g/mol. The predicted molar refractivity (Wildman–Crippen MR) is 149 cm³/mol. The summed E-state index contributed by atoms with van der Waals surface area (Å²) in [7, 11) is 6.27. The largest absolute Gasteiger partial charge is 0.497 e. The van der Waals surface area contributed by atoms with E-state index in [1.54, 1.807) is 55.8 Å². The molecule has 3 aromatic rings. The monoisotopic (exact) mass is 540 g/mol. The van der Waals surface area contributed by atoms with Crippen LogP contribution < -0.4 is 18.9 Å². The van der Waals surface area contributed by atoms with Crippen molar-refractivity contribution in [2.75, 3.05) is 48.1 Å². The molecule has 0 saturated carbocycles. The number of hydrogen-bond donors (Lipinski definition) is 0. The van der Waals surface area contributed by atoms with Crippen molar-refractivity contribution in [3.05, 3.63) is 69.9 Å². The molecule has 8 nitrogen and oxygen atoms in total. The lowest BCUT2D eigenvalue weighted by Gasteiger charge is -2.28. The highest BCUT2D eigenvalue weighted by Gasteiger charge is 2.25. The van der Waals surface area contributed by atoms with E-state index in [0.29, 0.717) is 61.0 Å². The highest BCUT2D eigenvalue weighted by molar-refractivity contribution is 7.09. The molecule has 0 radical (unpaired) electrons. The Bertz CT molecular complexity index is 1200. The molecule has 0 aliphatic carbocycles. The molecule has 0 bridgehead atoms. The number of carbonyl (C=O) groups excluding carboxylic acids is 2. The van der Waals surface area contributed by atoms with Gasteiger partial charge in [-0.2, -0.15) is 0 Å². The van der Waals surface area contributed by atoms with Gasteiger partial charge >= 0.3 is 0 Å². The van der Waals surface area contributed by atoms with Crippen LogP contribution in [0.5, 0.6) is 23.0 Å². The SMILES string of the molecule is CCCN(CC(=O)N(CCc1ccc(OC)c(OC)c1)Cc1cccs1)C(=O)c1ccc(OC)cc1OC. The molecule has 1 heterocycles. The number of amides is 2. The number of hydrogen-bond acceptors (Lipinski definition) is 7. The van der Waals surface area contributed by atoms with Crippen molar-refractivity contribution in [3.8, 4) is 23.0 Å². The molecular formula is C29H36N2O6S. The van der Waals surface area contributed by atoms with E-state index in [4.69, 9.17) is 18.9 Å². The van der Waals surface area contributed by atoms with Gasteiger partial charge in [0.25, 0.3) is 5.91 Å². The third-order valence-electron chi connectivity index (χ3n) is 6.14. The van der Waals surface area contributed by atoms with Gasteiger partial charge in [0.2, 0.25) is 5.91 Å². The van der Waals surface area contributed by atoms with E-state index in [2.05, 4.69) is 0 Å². The number of thiophene rings is 1. The quantitative estimate of drug-likeness (QED) is 0.289. The van der Waals surface area contributed by atoms with Crippen LogP contribution in [0.25, 0.3) is 0 Å². The smallest absolute Gasteiger partial charge is 0.258 e. The fourth-order valence-corrected chi connectivity index (χ4v) is 4.83. The fraction of sp³-hybridized carbons (Fsp3) is 0.379. The van der Waals surface area contributed by atoms with Crippen LogP contribution in [-0.2, 0) is 17.8 Å². The van der Waals surface area contributed by atoms with Gasteiger partial charge in [0, 0.05) is 24.0 Å². The highest BCUT2D eigenvalue weighted by atomic mass is 32.1. The van der Waals surface area contributed by atoms with Crippen molar-refractivity contribution in [3.63, 3.8) is 0 Å². The van der Waals surface area contributed by atoms with Crippen molar-refractivity contribution >= 4 is 23.2 Å². The van der Waals surface area contributed by atoms with Crippen molar-refractivity contribution in [2.45, 2.75) is 26.3 Å². The maximum Gasteiger partial charge on any atom is 0.258 e. The van der Waals surface area contributed by atoms with Crippen LogP contribution in [0.15, 0.2) is 53.9 Å². The second-order valence-electron chi connectivity index (χ2n) is 8.63. The first-order valence-electron chi connectivity index (χ1n) is 12.5. The summed E-state index contributed by atoms with van der Waals surface area (Å²) in [5, 5.41) is 2.00. The van der Waals surface area contributed by atoms with Gasteiger partial charge < -0.3 is 28.7 Å². The highest BCUT2D eigenvalue weighted by Crippen LogP contribution is 2.28. The molecule has 0 atom stereocenters. The summed E-state index contributed by atoms with van der Waals surface area (Å²) in [5.41, 5.74) is 1.42. The summed E-state index contributed by atoms with van der Waals surface area (Å²) in [4.78, 5) is 31.6. The topological polar surface area (TPSA) is 77.5 Å². The Balaban J connectivity index is 1.80. The van der Waals surface area contributed by atoms with Crippen molar-refractivity contribution in [1.82, 2.24) is 9.80 Å². The first kappa shape index (κ1) is 28.8. The molecule has 0 saturated heterocycles. The molecule has 0 fully saturated rings. The number of nitrogens with zero attached hydrogens (tertiary/aromatic N) is 2. The van der Waals surface area contributed by atoms with E-state index in [1.807, 2.05) is 47.5 Å². The van der Waals surface area contributed by atoms with E-state index in [0.717, 1.165) is 10.4 Å². The van der Waals surface area contributed by atoms with Crippen LogP contribution >= 0.6 is 11.3 Å². The van der Waals surface area contributed by atoms with Crippen LogP contribution in [0.4, 0.5) is 0 Å². The molecule has 0 spiro atoms. The summed E-state index contributed by atoms with van der Waals surface area (Å²) in [6.07, 6.45) is 1.35. The predicted octanol–water partition coefficient (Wildman–Crippen LogP) is 4.91. The van der Waals surface area contributed by atoms with Crippen LogP contribution in [0.2, 0.25) is 0 Å². The lowest BCUT2D eigenvalue weighted by Crippen LogP contribution is -2.43. The van der Waals surface area contributed by atoms with E-state index in [-0.39, 0.29) is 18.4 Å². The number of ether oxygens (including phenoxy) is 4. The summed E-state index contributed by atoms with van der Waals surface area (Å²) in [5.74, 6) is 1.93. The normalized spacial score (nSPS) is 10.6. The van der Waals surface area contributed by atoms with E-state index in [1.165, 1.54) is 7.11 Å². The number of carbonyl (C=O) groups is 2. The van der Waals surface area contributed by atoms with Gasteiger partial charge in [0.05, 0.1) is 40.5 Å². The summed E-state index contributed by atoms with van der Waals surface area (Å²) in [6.45, 7) is 3.37. The molecule has 9 heteroatoms. The van der Waals surface area contributed by atoms with Gasteiger partial charge in [-0.15, -0.1) is 11.3 Å². The number of rotatable bonds is 14. The Morgan fingerprint density at radius 2 is 1.58 bits per heavy atom. The Labute approximate surface area is 228 Å². The van der Waals surface area contributed by atoms with Gasteiger partial charge in [-0.25, -0.2) is 0 Å². The van der Waals surface area contributed by atoms with Gasteiger partial charge in [-0.3, -0.25) is 9.59 Å². The van der Waals surface area contributed by atoms with Crippen molar-refractivity contribution in [1.29, 1.82) is 0 Å². The van der Waals surface area contributed by atoms with Crippen LogP contribution in [0.3, 0.4) is 0 Å². The summed E-state index contributed by atoms with van der Waals surface area (Å²) >= 11 is 1.60. The van der Waals surface area contributed by atoms with E-state index < -0.39 is 0 Å². The zero-order valence-corrected chi connectivity index (χ0v) is 23.5. The first-order valence-corrected chi connectivity index (χ1v) is 13.3. The molecule has 38 heavy (non-hydrogen) atoms. The third-order valence-corrected chi connectivity index (χ3v) is 7.00. The molecule has 1 aromatic heterocycles. The third kappa shape index (κ3) is 7.41. The maximum absolute atomic E-state index is 13.6. The van der Waals surface area contributed by atoms with Gasteiger partial charge in [-0.1, -0.05) is 19.1 Å². The number of benzene rings is 2. The second kappa shape index (κ2) is 14.3. The van der Waals surface area contributed by atoms with Gasteiger partial charge in [0.1, 0.15) is 18.0 Å². The molecule has 204 valence electrons. The lowest BCUT2D eigenvalue weighted by atomic mass is 10.1. The molecule has 0 N–H and O–H groups in total. The molecule has 2 amide bonds. The Morgan fingerprint density at radius 1 is 0.816 bits per heavy atom. The zero-order chi connectivity index (χ0) is 27.5. The Kier molecular flexibility index (Phi) is 10.8. The van der Waals surface area contributed by atoms with Crippen molar-refractivity contribution < 1.29 is 28.5 Å². The number of methoxy groups -OCH3 is 4. The summed E-state index contributed by atoms with van der Waals surface area (Å²) < 4.78 is 21.5. The second-order valence-corrected chi connectivity index (χ2v) is 9.66. The van der Waals surface area contributed by atoms with E-state index in [9.17, 15) is 9.59 Å². The van der Waals surface area contributed by atoms with Crippen LogP contribution in [-0.4, -0.2) is 69.7 Å². The minimum absolute atomic E-state index is 0.0286. The molecule has 0 unspecified atom stereocenters. The molecule has 3 rings (SSSR count). The minimum atomic E-state index is -0.254. The van der Waals surface area contributed by atoms with Gasteiger partial charge in [-0.05, 0) is 54.1 Å². The average Bonchev–Trinajstić information content (AvgIpc) is 3.47. The molecule has 2 aromatic carbocycles. The van der Waals surface area contributed by atoms with E-state index >= 15 is 0 Å². The maximum atomic E-state index is 13.6. The lowest BCUT2D eigenvalue weighted by molar-refractivity contribution is -0.132. The molecule has 0 aliphatic rings. The zero-order valence-electron chi connectivity index (χ0n) is 22.7. The Hall–Kier alpha value is -3.72. The fourth-order valence-electron chi connectivity index (χ4n) is 4.11. The van der Waals surface area contributed by atoms with Gasteiger partial charge in [0.15, 0.2) is 11.5 Å². The molecular weight excluding hydrogens is 504 g/mol. The molecule has 0 aliphatic heterocycles. The van der Waals surface area contributed by atoms with Crippen LogP contribution in [0.1, 0.15) is 34.1 Å². The minimum Gasteiger partial charge on any atom is -0.497 e. The van der Waals surface area contributed by atoms with Crippen molar-refractivity contribution in [2.24, 2.45) is 0 Å². The standard InChI is InChI=1S/C29H36N2O6S/c1-6-14-31(29(33)24-11-10-22(34-2)18-26(24)36-4)20-28(32)30(19-23-8-7-16-38-23)15-13-21-9-12-25(35-3)27(17-21)37-5/h7-12,16-18H,6,13-15,19-20H2,1-5H3. The summed E-state index contributed by atoms with van der Waals surface area (Å²) in [6, 6.07) is 14.8. The Morgan fingerprint density at radius 3 is 2.21 bits per heavy atom.